The van der Waals surface area contributed by atoms with Gasteiger partial charge in [0.15, 0.2) is 6.10 Å². The molecule has 0 aliphatic heterocycles. The first-order valence-electron chi connectivity index (χ1n) is 7.01. The van der Waals surface area contributed by atoms with Crippen LogP contribution in [0.2, 0.25) is 5.02 Å². The topological polar surface area (TPSA) is 63.8 Å². The lowest BCUT2D eigenvalue weighted by Gasteiger charge is -2.12. The van der Waals surface area contributed by atoms with Gasteiger partial charge < -0.3 is 9.15 Å². The summed E-state index contributed by atoms with van der Waals surface area (Å²) >= 11 is 5.79. The molecule has 0 bridgehead atoms. The zero-order chi connectivity index (χ0) is 16.7. The van der Waals surface area contributed by atoms with Crippen LogP contribution in [-0.4, -0.2) is 18.2 Å². The summed E-state index contributed by atoms with van der Waals surface area (Å²) in [5.41, 5.74) is 3.27. The number of carbonyl (C=O) groups excluding carboxylic acids is 1. The third-order valence-electron chi connectivity index (χ3n) is 2.85. The maximum atomic E-state index is 11.9. The zero-order valence-corrected chi connectivity index (χ0v) is 13.6. The summed E-state index contributed by atoms with van der Waals surface area (Å²) < 4.78 is 10.7. The van der Waals surface area contributed by atoms with Crippen LogP contribution >= 0.6 is 11.6 Å². The Kier molecular flexibility index (Phi) is 6.00. The molecular formula is C17H17ClN2O3. The normalized spacial score (nSPS) is 13.1. The van der Waals surface area contributed by atoms with Gasteiger partial charge in [-0.3, -0.25) is 4.79 Å². The molecule has 5 nitrogen and oxygen atoms in total. The van der Waals surface area contributed by atoms with Crippen molar-refractivity contribution in [2.75, 3.05) is 0 Å². The summed E-state index contributed by atoms with van der Waals surface area (Å²) in [4.78, 5) is 11.9. The number of benzene rings is 1. The molecule has 0 fully saturated rings. The molecule has 6 heteroatoms. The van der Waals surface area contributed by atoms with Crippen LogP contribution in [-0.2, 0) is 4.79 Å². The van der Waals surface area contributed by atoms with Crippen LogP contribution in [0.5, 0.6) is 5.75 Å². The minimum Gasteiger partial charge on any atom is -0.481 e. The number of nitrogens with zero attached hydrogens (tertiary/aromatic N) is 1. The van der Waals surface area contributed by atoms with Gasteiger partial charge in [-0.1, -0.05) is 11.6 Å². The number of carbonyl (C=O) groups is 1. The van der Waals surface area contributed by atoms with Crippen molar-refractivity contribution in [3.05, 3.63) is 59.0 Å². The zero-order valence-electron chi connectivity index (χ0n) is 12.8. The maximum absolute atomic E-state index is 11.9. The molecule has 2 rings (SSSR count). The smallest absolute Gasteiger partial charge is 0.280 e. The molecule has 0 saturated carbocycles. The fourth-order valence-electron chi connectivity index (χ4n) is 1.69. The van der Waals surface area contributed by atoms with Crippen molar-refractivity contribution >= 4 is 29.8 Å². The van der Waals surface area contributed by atoms with E-state index in [1.165, 1.54) is 6.21 Å². The molecule has 23 heavy (non-hydrogen) atoms. The highest BCUT2D eigenvalue weighted by Crippen LogP contribution is 2.16. The molecule has 0 radical (unpaired) electrons. The number of nitrogens with one attached hydrogen (secondary N) is 1. The Bertz CT molecular complexity index is 691. The third kappa shape index (κ3) is 5.64. The van der Waals surface area contributed by atoms with Gasteiger partial charge in [-0.25, -0.2) is 5.43 Å². The second kappa shape index (κ2) is 8.19. The Morgan fingerprint density at radius 3 is 2.74 bits per heavy atom. The van der Waals surface area contributed by atoms with E-state index >= 15 is 0 Å². The molecule has 2 aromatic rings. The molecule has 0 aliphatic carbocycles. The molecular weight excluding hydrogens is 316 g/mol. The first-order chi connectivity index (χ1) is 11.0. The largest absolute Gasteiger partial charge is 0.481 e. The number of ether oxygens (including phenoxy) is 1. The highest BCUT2D eigenvalue weighted by Gasteiger charge is 2.13. The van der Waals surface area contributed by atoms with Crippen LogP contribution in [0.4, 0.5) is 0 Å². The molecule has 1 aromatic carbocycles. The van der Waals surface area contributed by atoms with Gasteiger partial charge in [-0.15, -0.1) is 0 Å². The van der Waals surface area contributed by atoms with E-state index in [-0.39, 0.29) is 5.91 Å². The molecule has 0 saturated heterocycles. The first kappa shape index (κ1) is 16.8. The molecule has 1 heterocycles. The fourth-order valence-corrected chi connectivity index (χ4v) is 1.82. The quantitative estimate of drug-likeness (QED) is 0.644. The Hall–Kier alpha value is -2.53. The number of rotatable bonds is 6. The lowest BCUT2D eigenvalue weighted by molar-refractivity contribution is -0.127. The van der Waals surface area contributed by atoms with Gasteiger partial charge in [-0.2, -0.15) is 5.10 Å². The van der Waals surface area contributed by atoms with Crippen LogP contribution < -0.4 is 10.2 Å². The van der Waals surface area contributed by atoms with Gasteiger partial charge in [0.25, 0.3) is 5.91 Å². The van der Waals surface area contributed by atoms with Crippen LogP contribution in [0, 0.1) is 0 Å². The van der Waals surface area contributed by atoms with E-state index in [1.54, 1.807) is 43.5 Å². The molecule has 120 valence electrons. The second-order valence-corrected chi connectivity index (χ2v) is 5.29. The summed E-state index contributed by atoms with van der Waals surface area (Å²) in [5, 5.41) is 4.50. The van der Waals surface area contributed by atoms with E-state index < -0.39 is 6.10 Å². The van der Waals surface area contributed by atoms with Crippen molar-refractivity contribution in [3.63, 3.8) is 0 Å². The van der Waals surface area contributed by atoms with Crippen molar-refractivity contribution in [2.24, 2.45) is 5.10 Å². The minimum absolute atomic E-state index is 0.345. The fraction of sp³-hybridized carbons (Fsp3) is 0.176. The molecule has 1 N–H and O–H groups in total. The van der Waals surface area contributed by atoms with Crippen molar-refractivity contribution in [3.8, 4) is 5.75 Å². The van der Waals surface area contributed by atoms with Gasteiger partial charge in [0, 0.05) is 5.02 Å². The number of halogens is 1. The number of amides is 1. The number of hydrogen-bond donors (Lipinski definition) is 1. The minimum atomic E-state index is -0.678. The number of hydrazone groups is 1. The van der Waals surface area contributed by atoms with Gasteiger partial charge in [0.1, 0.15) is 11.5 Å². The summed E-state index contributed by atoms with van der Waals surface area (Å²) in [6.45, 7) is 3.50. The number of hydrogen-bond acceptors (Lipinski definition) is 4. The highest BCUT2D eigenvalue weighted by atomic mass is 35.5. The third-order valence-corrected chi connectivity index (χ3v) is 3.10. The van der Waals surface area contributed by atoms with E-state index in [1.807, 2.05) is 19.1 Å². The molecule has 0 aliphatic rings. The highest BCUT2D eigenvalue weighted by molar-refractivity contribution is 6.30. The molecule has 1 aromatic heterocycles. The predicted molar refractivity (Wildman–Crippen MR) is 90.5 cm³/mol. The average molecular weight is 333 g/mol. The van der Waals surface area contributed by atoms with Gasteiger partial charge in [0.05, 0.1) is 12.5 Å². The van der Waals surface area contributed by atoms with Crippen LogP contribution in [0.3, 0.4) is 0 Å². The summed E-state index contributed by atoms with van der Waals surface area (Å²) in [7, 11) is 0. The second-order valence-electron chi connectivity index (χ2n) is 4.85. The Morgan fingerprint density at radius 2 is 2.09 bits per heavy atom. The van der Waals surface area contributed by atoms with Crippen molar-refractivity contribution in [1.29, 1.82) is 0 Å². The molecule has 0 spiro atoms. The van der Waals surface area contributed by atoms with E-state index in [9.17, 15) is 4.79 Å². The van der Waals surface area contributed by atoms with Gasteiger partial charge in [0.2, 0.25) is 0 Å². The number of allylic oxidation sites excluding steroid dienone is 1. The van der Waals surface area contributed by atoms with Crippen LogP contribution in [0.15, 0.2) is 57.8 Å². The van der Waals surface area contributed by atoms with E-state index in [2.05, 4.69) is 10.5 Å². The van der Waals surface area contributed by atoms with Crippen molar-refractivity contribution in [1.82, 2.24) is 5.43 Å². The maximum Gasteiger partial charge on any atom is 0.280 e. The SMILES string of the molecule is CC(/C=N\NC(=O)[C@H](C)Oc1ccc(Cl)cc1)=C\c1ccco1. The molecule has 1 atom stereocenters. The first-order valence-corrected chi connectivity index (χ1v) is 7.39. The van der Waals surface area contributed by atoms with E-state index in [0.29, 0.717) is 10.8 Å². The van der Waals surface area contributed by atoms with Crippen LogP contribution in [0.25, 0.3) is 6.08 Å². The van der Waals surface area contributed by atoms with Crippen LogP contribution in [0.1, 0.15) is 19.6 Å². The Labute approximate surface area is 139 Å². The summed E-state index contributed by atoms with van der Waals surface area (Å²) in [5.74, 6) is 0.941. The Balaban J connectivity index is 1.83. The van der Waals surface area contributed by atoms with Gasteiger partial charge >= 0.3 is 0 Å². The van der Waals surface area contributed by atoms with E-state index in [0.717, 1.165) is 11.3 Å². The lowest BCUT2D eigenvalue weighted by atomic mass is 10.3. The average Bonchev–Trinajstić information content (AvgIpc) is 3.02. The predicted octanol–water partition coefficient (Wildman–Crippen LogP) is 3.91. The summed E-state index contributed by atoms with van der Waals surface area (Å²) in [6, 6.07) is 10.4. The lowest BCUT2D eigenvalue weighted by Crippen LogP contribution is -2.33. The monoisotopic (exact) mass is 332 g/mol. The molecule has 0 unspecified atom stereocenters. The van der Waals surface area contributed by atoms with E-state index in [4.69, 9.17) is 20.8 Å². The summed E-state index contributed by atoms with van der Waals surface area (Å²) in [6.07, 6.45) is 4.26. The van der Waals surface area contributed by atoms with Gasteiger partial charge in [-0.05, 0) is 61.9 Å². The van der Waals surface area contributed by atoms with Crippen molar-refractivity contribution in [2.45, 2.75) is 20.0 Å². The van der Waals surface area contributed by atoms with Crippen molar-refractivity contribution < 1.29 is 13.9 Å². The molecule has 1 amide bonds. The number of furan rings is 1. The Morgan fingerprint density at radius 1 is 1.35 bits per heavy atom. The standard InChI is InChI=1S/C17H17ClN2O3/c1-12(10-16-4-3-9-22-16)11-19-20-17(21)13(2)23-15-7-5-14(18)6-8-15/h3-11,13H,1-2H3,(H,20,21)/b12-10+,19-11-/t13-/m0/s1.